The molecular formula is C14H15N5O2S. The monoisotopic (exact) mass is 317 g/mol. The number of carbonyl (C=O) groups is 2. The maximum atomic E-state index is 12.4. The van der Waals surface area contributed by atoms with E-state index >= 15 is 0 Å². The summed E-state index contributed by atoms with van der Waals surface area (Å²) >= 11 is 1.60. The smallest absolute Gasteiger partial charge is 0.327 e. The average Bonchev–Trinajstić information content (AvgIpc) is 3.11. The molecule has 2 fully saturated rings. The fraction of sp³-hybridized carbons (Fsp3) is 0.429. The molecule has 4 heterocycles. The number of aromatic nitrogens is 2. The van der Waals surface area contributed by atoms with Crippen LogP contribution in [0.4, 0.5) is 10.6 Å². The zero-order chi connectivity index (χ0) is 15.3. The minimum atomic E-state index is -0.397. The number of thiophene rings is 1. The van der Waals surface area contributed by atoms with E-state index < -0.39 is 6.04 Å². The maximum absolute atomic E-state index is 12.4. The van der Waals surface area contributed by atoms with Crippen molar-refractivity contribution in [2.75, 3.05) is 31.1 Å². The first-order valence-electron chi connectivity index (χ1n) is 7.26. The highest BCUT2D eigenvalue weighted by Crippen LogP contribution is 2.31. The number of fused-ring (bicyclic) bond motifs is 2. The molecule has 2 saturated heterocycles. The number of hydrogen-bond donors (Lipinski definition) is 0. The molecule has 8 heteroatoms. The van der Waals surface area contributed by atoms with Gasteiger partial charge in [0, 0.05) is 26.2 Å². The molecule has 0 N–H and O–H groups in total. The summed E-state index contributed by atoms with van der Waals surface area (Å²) in [5.74, 6) is 0.753. The van der Waals surface area contributed by atoms with E-state index in [1.165, 1.54) is 4.90 Å². The summed E-state index contributed by atoms with van der Waals surface area (Å²) in [5.41, 5.74) is 0.918. The van der Waals surface area contributed by atoms with E-state index in [0.29, 0.717) is 26.2 Å². The number of likely N-dealkylation sites (N-methyl/N-ethyl adjacent to an activating group) is 1. The fourth-order valence-electron chi connectivity index (χ4n) is 3.14. The van der Waals surface area contributed by atoms with Crippen molar-refractivity contribution >= 4 is 39.3 Å². The van der Waals surface area contributed by atoms with Gasteiger partial charge in [-0.3, -0.25) is 9.69 Å². The highest BCUT2D eigenvalue weighted by Gasteiger charge is 2.47. The lowest BCUT2D eigenvalue weighted by Crippen LogP contribution is -2.53. The van der Waals surface area contributed by atoms with E-state index in [4.69, 9.17) is 0 Å². The van der Waals surface area contributed by atoms with Gasteiger partial charge in [0.05, 0.1) is 10.2 Å². The number of rotatable bonds is 2. The van der Waals surface area contributed by atoms with Crippen molar-refractivity contribution in [3.63, 3.8) is 0 Å². The topological polar surface area (TPSA) is 69.6 Å². The molecule has 4 rings (SSSR count). The van der Waals surface area contributed by atoms with Crippen LogP contribution in [0.5, 0.6) is 0 Å². The van der Waals surface area contributed by atoms with Crippen LogP contribution in [0.3, 0.4) is 0 Å². The largest absolute Gasteiger partial charge is 0.351 e. The predicted octanol–water partition coefficient (Wildman–Crippen LogP) is 1.16. The van der Waals surface area contributed by atoms with Gasteiger partial charge in [-0.25, -0.2) is 14.8 Å². The molecule has 0 aliphatic carbocycles. The summed E-state index contributed by atoms with van der Waals surface area (Å²) in [6.07, 6.45) is 1.55. The van der Waals surface area contributed by atoms with E-state index in [9.17, 15) is 9.59 Å². The molecule has 2 aromatic rings. The van der Waals surface area contributed by atoms with Crippen LogP contribution in [-0.4, -0.2) is 63.9 Å². The molecule has 0 saturated carbocycles. The van der Waals surface area contributed by atoms with Gasteiger partial charge in [-0.2, -0.15) is 0 Å². The fourth-order valence-corrected chi connectivity index (χ4v) is 4.00. The summed E-state index contributed by atoms with van der Waals surface area (Å²) in [4.78, 5) is 38.3. The number of amides is 3. The number of imide groups is 1. The second-order valence-corrected chi connectivity index (χ2v) is 6.27. The normalized spacial score (nSPS) is 21.9. The second kappa shape index (κ2) is 4.91. The third kappa shape index (κ3) is 1.80. The molecular weight excluding hydrogens is 302 g/mol. The molecule has 3 amide bonds. The first-order chi connectivity index (χ1) is 10.7. The Morgan fingerprint density at radius 1 is 1.32 bits per heavy atom. The SMILES string of the molecule is CCN1C(=O)C2CN(c3ncnc4ccsc34)CCN2C1=O. The number of urea groups is 1. The number of anilines is 1. The molecule has 7 nitrogen and oxygen atoms in total. The van der Waals surface area contributed by atoms with Gasteiger partial charge in [-0.05, 0) is 18.4 Å². The van der Waals surface area contributed by atoms with E-state index in [0.717, 1.165) is 16.0 Å². The van der Waals surface area contributed by atoms with Crippen molar-refractivity contribution in [2.45, 2.75) is 13.0 Å². The van der Waals surface area contributed by atoms with Gasteiger partial charge in [0.1, 0.15) is 18.2 Å². The van der Waals surface area contributed by atoms with Gasteiger partial charge in [0.2, 0.25) is 0 Å². The van der Waals surface area contributed by atoms with Crippen molar-refractivity contribution in [1.82, 2.24) is 19.8 Å². The van der Waals surface area contributed by atoms with E-state index in [2.05, 4.69) is 14.9 Å². The Bertz CT molecular complexity index is 761. The number of hydrogen-bond acceptors (Lipinski definition) is 6. The Balaban J connectivity index is 1.66. The molecule has 114 valence electrons. The second-order valence-electron chi connectivity index (χ2n) is 5.35. The third-order valence-corrected chi connectivity index (χ3v) is 5.15. The van der Waals surface area contributed by atoms with Crippen LogP contribution in [-0.2, 0) is 4.79 Å². The predicted molar refractivity (Wildman–Crippen MR) is 82.9 cm³/mol. The number of carbonyl (C=O) groups excluding carboxylic acids is 2. The molecule has 2 aliphatic heterocycles. The first-order valence-corrected chi connectivity index (χ1v) is 8.13. The van der Waals surface area contributed by atoms with Crippen LogP contribution in [0.1, 0.15) is 6.92 Å². The zero-order valence-electron chi connectivity index (χ0n) is 12.1. The van der Waals surface area contributed by atoms with Crippen molar-refractivity contribution in [1.29, 1.82) is 0 Å². The summed E-state index contributed by atoms with van der Waals surface area (Å²) in [5, 5.41) is 1.99. The summed E-state index contributed by atoms with van der Waals surface area (Å²) in [7, 11) is 0. The van der Waals surface area contributed by atoms with Gasteiger partial charge in [-0.15, -0.1) is 11.3 Å². The summed E-state index contributed by atoms with van der Waals surface area (Å²) in [6.45, 7) is 3.96. The minimum Gasteiger partial charge on any atom is -0.351 e. The van der Waals surface area contributed by atoms with Crippen LogP contribution in [0, 0.1) is 0 Å². The summed E-state index contributed by atoms with van der Waals surface area (Å²) in [6, 6.07) is 1.40. The molecule has 0 bridgehead atoms. The zero-order valence-corrected chi connectivity index (χ0v) is 12.9. The highest BCUT2D eigenvalue weighted by atomic mass is 32.1. The van der Waals surface area contributed by atoms with E-state index in [1.54, 1.807) is 22.6 Å². The van der Waals surface area contributed by atoms with E-state index in [1.807, 2.05) is 18.4 Å². The van der Waals surface area contributed by atoms with Crippen molar-refractivity contribution < 1.29 is 9.59 Å². The molecule has 1 unspecified atom stereocenters. The standard InChI is InChI=1S/C14H15N5O2S/c1-2-18-13(20)10-7-17(4-5-19(10)14(18)21)12-11-9(3-6-22-11)15-8-16-12/h3,6,8,10H,2,4-5,7H2,1H3. The molecule has 22 heavy (non-hydrogen) atoms. The van der Waals surface area contributed by atoms with Gasteiger partial charge in [-0.1, -0.05) is 0 Å². The Morgan fingerprint density at radius 3 is 3.00 bits per heavy atom. The van der Waals surface area contributed by atoms with Crippen LogP contribution in [0.25, 0.3) is 10.2 Å². The van der Waals surface area contributed by atoms with Crippen molar-refractivity contribution in [3.05, 3.63) is 17.8 Å². The first kappa shape index (κ1) is 13.4. The Labute approximate surface area is 131 Å². The Hall–Kier alpha value is -2.22. The third-order valence-electron chi connectivity index (χ3n) is 4.25. The minimum absolute atomic E-state index is 0.103. The van der Waals surface area contributed by atoms with Gasteiger partial charge in [0.15, 0.2) is 0 Å². The maximum Gasteiger partial charge on any atom is 0.327 e. The van der Waals surface area contributed by atoms with Crippen molar-refractivity contribution in [3.8, 4) is 0 Å². The molecule has 0 radical (unpaired) electrons. The highest BCUT2D eigenvalue weighted by molar-refractivity contribution is 7.17. The lowest BCUT2D eigenvalue weighted by atomic mass is 10.2. The van der Waals surface area contributed by atoms with E-state index in [-0.39, 0.29) is 11.9 Å². The van der Waals surface area contributed by atoms with Gasteiger partial charge < -0.3 is 9.80 Å². The number of piperazine rings is 1. The summed E-state index contributed by atoms with van der Waals surface area (Å²) < 4.78 is 1.03. The van der Waals surface area contributed by atoms with Gasteiger partial charge >= 0.3 is 6.03 Å². The molecule has 1 atom stereocenters. The van der Waals surface area contributed by atoms with Crippen LogP contribution in [0.15, 0.2) is 17.8 Å². The number of nitrogens with zero attached hydrogens (tertiary/aromatic N) is 5. The molecule has 0 spiro atoms. The van der Waals surface area contributed by atoms with Gasteiger partial charge in [0.25, 0.3) is 5.91 Å². The van der Waals surface area contributed by atoms with Crippen LogP contribution >= 0.6 is 11.3 Å². The lowest BCUT2D eigenvalue weighted by Gasteiger charge is -2.36. The Kier molecular flexibility index (Phi) is 3.00. The van der Waals surface area contributed by atoms with Crippen molar-refractivity contribution in [2.24, 2.45) is 0 Å². The molecule has 2 aliphatic rings. The Morgan fingerprint density at radius 2 is 2.18 bits per heavy atom. The quantitative estimate of drug-likeness (QED) is 0.778. The van der Waals surface area contributed by atoms with Crippen LogP contribution in [0.2, 0.25) is 0 Å². The average molecular weight is 317 g/mol. The molecule has 2 aromatic heterocycles. The lowest BCUT2D eigenvalue weighted by molar-refractivity contribution is -0.128. The van der Waals surface area contributed by atoms with Crippen LogP contribution < -0.4 is 4.90 Å². The molecule has 0 aromatic carbocycles.